The highest BCUT2D eigenvalue weighted by Gasteiger charge is 2.23. The van der Waals surface area contributed by atoms with E-state index in [0.717, 1.165) is 9.87 Å². The zero-order chi connectivity index (χ0) is 13.6. The van der Waals surface area contributed by atoms with E-state index >= 15 is 0 Å². The molecular weight excluding hydrogens is 252 g/mol. The molecule has 0 aliphatic heterocycles. The van der Waals surface area contributed by atoms with Gasteiger partial charge in [-0.1, -0.05) is 35.5 Å². The van der Waals surface area contributed by atoms with Crippen LogP contribution in [0.15, 0.2) is 35.5 Å². The molecule has 0 bridgehead atoms. The summed E-state index contributed by atoms with van der Waals surface area (Å²) in [7, 11) is 0.778. The average Bonchev–Trinajstić information content (AvgIpc) is 2.35. The minimum absolute atomic E-state index is 0.0406. The molecule has 0 N–H and O–H groups in total. The van der Waals surface area contributed by atoms with Gasteiger partial charge in [0.15, 0.2) is 5.04 Å². The third-order valence-corrected chi connectivity index (χ3v) is 4.28. The number of sulfonamides is 1. The number of rotatable bonds is 5. The minimum Gasteiger partial charge on any atom is -0.398 e. The Morgan fingerprint density at radius 3 is 2.39 bits per heavy atom. The monoisotopic (exact) mass is 270 g/mol. The predicted octanol–water partition coefficient (Wildman–Crippen LogP) is 1.47. The van der Waals surface area contributed by atoms with Crippen LogP contribution in [-0.2, 0) is 21.3 Å². The van der Waals surface area contributed by atoms with Crippen molar-refractivity contribution in [3.63, 3.8) is 0 Å². The molecule has 0 aliphatic carbocycles. The molecule has 0 amide bonds. The summed E-state index contributed by atoms with van der Waals surface area (Å²) in [5.74, 6) is 0. The van der Waals surface area contributed by atoms with Crippen LogP contribution in [0.1, 0.15) is 12.0 Å². The van der Waals surface area contributed by atoms with Crippen LogP contribution in [0, 0.1) is 0 Å². The molecule has 0 fully saturated rings. The van der Waals surface area contributed by atoms with Gasteiger partial charge in [0, 0.05) is 20.5 Å². The van der Waals surface area contributed by atoms with Crippen molar-refractivity contribution in [1.82, 2.24) is 4.31 Å². The number of hydrogen-bond donors (Lipinski definition) is 0. The van der Waals surface area contributed by atoms with Gasteiger partial charge in [0.25, 0.3) is 10.0 Å². The molecule has 0 unspecified atom stereocenters. The van der Waals surface area contributed by atoms with Crippen LogP contribution < -0.4 is 0 Å². The van der Waals surface area contributed by atoms with Crippen LogP contribution in [0.2, 0.25) is 0 Å². The highest BCUT2D eigenvalue weighted by atomic mass is 32.2. The summed E-state index contributed by atoms with van der Waals surface area (Å²) in [6, 6.07) is 9.66. The largest absolute Gasteiger partial charge is 0.398 e. The Balaban J connectivity index is 2.81. The quantitative estimate of drug-likeness (QED) is 0.462. The number of aryl methyl sites for hydroxylation is 1. The first-order valence-corrected chi connectivity index (χ1v) is 6.99. The Labute approximate surface area is 108 Å². The first-order chi connectivity index (χ1) is 8.48. The molecule has 0 aromatic heterocycles. The number of oxime groups is 1. The van der Waals surface area contributed by atoms with Crippen LogP contribution in [0.25, 0.3) is 0 Å². The van der Waals surface area contributed by atoms with E-state index in [0.29, 0.717) is 12.8 Å². The molecule has 0 saturated heterocycles. The lowest BCUT2D eigenvalue weighted by molar-refractivity contribution is 0.213. The van der Waals surface area contributed by atoms with Crippen molar-refractivity contribution >= 4 is 15.1 Å². The Bertz CT molecular complexity index is 495. The SMILES string of the molecule is CON=C(CCc1ccccc1)S(=O)(=O)N(C)C. The number of nitrogens with zero attached hydrogens (tertiary/aromatic N) is 2. The predicted molar refractivity (Wildman–Crippen MR) is 71.8 cm³/mol. The van der Waals surface area contributed by atoms with E-state index in [1.165, 1.54) is 21.2 Å². The third kappa shape index (κ3) is 3.82. The van der Waals surface area contributed by atoms with E-state index in [9.17, 15) is 8.42 Å². The molecule has 0 aliphatic rings. The van der Waals surface area contributed by atoms with E-state index in [-0.39, 0.29) is 5.04 Å². The Morgan fingerprint density at radius 2 is 1.89 bits per heavy atom. The summed E-state index contributed by atoms with van der Waals surface area (Å²) >= 11 is 0. The molecule has 0 radical (unpaired) electrons. The molecule has 5 nitrogen and oxygen atoms in total. The fourth-order valence-electron chi connectivity index (χ4n) is 1.43. The molecule has 1 rings (SSSR count). The van der Waals surface area contributed by atoms with Gasteiger partial charge >= 0.3 is 0 Å². The highest BCUT2D eigenvalue weighted by Crippen LogP contribution is 2.09. The molecule has 1 aromatic rings. The van der Waals surface area contributed by atoms with Crippen molar-refractivity contribution in [3.05, 3.63) is 35.9 Å². The van der Waals surface area contributed by atoms with Crippen LogP contribution in [-0.4, -0.2) is 39.0 Å². The van der Waals surface area contributed by atoms with Gasteiger partial charge in [-0.05, 0) is 12.0 Å². The van der Waals surface area contributed by atoms with Crippen molar-refractivity contribution in [2.75, 3.05) is 21.2 Å². The van der Waals surface area contributed by atoms with Gasteiger partial charge < -0.3 is 4.84 Å². The van der Waals surface area contributed by atoms with Crippen LogP contribution in [0.4, 0.5) is 0 Å². The maximum atomic E-state index is 12.0. The second-order valence-corrected chi connectivity index (χ2v) is 6.09. The Hall–Kier alpha value is -1.40. The second kappa shape index (κ2) is 6.51. The fourth-order valence-corrected chi connectivity index (χ4v) is 2.38. The van der Waals surface area contributed by atoms with E-state index in [1.54, 1.807) is 0 Å². The average molecular weight is 270 g/mol. The van der Waals surface area contributed by atoms with Crippen molar-refractivity contribution in [1.29, 1.82) is 0 Å². The summed E-state index contributed by atoms with van der Waals surface area (Å²) in [5.41, 5.74) is 1.07. The molecule has 0 spiro atoms. The summed E-state index contributed by atoms with van der Waals surface area (Å²) in [4.78, 5) is 4.61. The van der Waals surface area contributed by atoms with E-state index in [4.69, 9.17) is 0 Å². The van der Waals surface area contributed by atoms with Crippen LogP contribution >= 0.6 is 0 Å². The van der Waals surface area contributed by atoms with Gasteiger partial charge in [0.2, 0.25) is 0 Å². The lowest BCUT2D eigenvalue weighted by Crippen LogP contribution is -2.30. The fraction of sp³-hybridized carbons (Fsp3) is 0.417. The van der Waals surface area contributed by atoms with Gasteiger partial charge in [-0.15, -0.1) is 0 Å². The lowest BCUT2D eigenvalue weighted by Gasteiger charge is -2.12. The maximum absolute atomic E-state index is 12.0. The number of benzene rings is 1. The van der Waals surface area contributed by atoms with E-state index in [2.05, 4.69) is 9.99 Å². The molecule has 1 aromatic carbocycles. The minimum atomic E-state index is -3.51. The zero-order valence-electron chi connectivity index (χ0n) is 10.8. The van der Waals surface area contributed by atoms with Gasteiger partial charge in [0.05, 0.1) is 0 Å². The first kappa shape index (κ1) is 14.7. The smallest absolute Gasteiger partial charge is 0.259 e. The van der Waals surface area contributed by atoms with Crippen molar-refractivity contribution in [2.45, 2.75) is 12.8 Å². The van der Waals surface area contributed by atoms with Gasteiger partial charge in [0.1, 0.15) is 7.11 Å². The van der Waals surface area contributed by atoms with Crippen molar-refractivity contribution in [3.8, 4) is 0 Å². The molecule has 100 valence electrons. The zero-order valence-corrected chi connectivity index (χ0v) is 11.6. The molecular formula is C12H18N2O3S. The lowest BCUT2D eigenvalue weighted by atomic mass is 10.1. The van der Waals surface area contributed by atoms with Crippen LogP contribution in [0.5, 0.6) is 0 Å². The Kier molecular flexibility index (Phi) is 5.30. The van der Waals surface area contributed by atoms with Crippen molar-refractivity contribution < 1.29 is 13.3 Å². The molecule has 0 atom stereocenters. The topological polar surface area (TPSA) is 59.0 Å². The first-order valence-electron chi connectivity index (χ1n) is 5.55. The maximum Gasteiger partial charge on any atom is 0.259 e. The van der Waals surface area contributed by atoms with E-state index in [1.807, 2.05) is 30.3 Å². The van der Waals surface area contributed by atoms with Gasteiger partial charge in [-0.3, -0.25) is 0 Å². The molecule has 0 heterocycles. The third-order valence-electron chi connectivity index (χ3n) is 2.44. The summed E-state index contributed by atoms with van der Waals surface area (Å²) in [6.07, 6.45) is 0.925. The molecule has 18 heavy (non-hydrogen) atoms. The van der Waals surface area contributed by atoms with E-state index < -0.39 is 10.0 Å². The number of hydrogen-bond acceptors (Lipinski definition) is 4. The standard InChI is InChI=1S/C12H18N2O3S/c1-14(2)18(15,16)12(13-17-3)10-9-11-7-5-4-6-8-11/h4-8H,9-10H2,1-3H3. The molecule has 0 saturated carbocycles. The highest BCUT2D eigenvalue weighted by molar-refractivity contribution is 8.04. The normalized spacial score (nSPS) is 12.8. The van der Waals surface area contributed by atoms with Crippen molar-refractivity contribution in [2.24, 2.45) is 5.16 Å². The summed E-state index contributed by atoms with van der Waals surface area (Å²) in [5, 5.41) is 3.66. The summed E-state index contributed by atoms with van der Waals surface area (Å²) in [6.45, 7) is 0. The Morgan fingerprint density at radius 1 is 1.28 bits per heavy atom. The van der Waals surface area contributed by atoms with Gasteiger partial charge in [-0.2, -0.15) is 0 Å². The van der Waals surface area contributed by atoms with Gasteiger partial charge in [-0.25, -0.2) is 12.7 Å². The second-order valence-electron chi connectivity index (χ2n) is 3.94. The van der Waals surface area contributed by atoms with Crippen LogP contribution in [0.3, 0.4) is 0 Å². The summed E-state index contributed by atoms with van der Waals surface area (Å²) < 4.78 is 25.0. The molecule has 6 heteroatoms.